The maximum Gasteiger partial charge on any atom is 0.239 e. The monoisotopic (exact) mass is 354 g/mol. The van der Waals surface area contributed by atoms with Gasteiger partial charge in [-0.3, -0.25) is 9.59 Å². The van der Waals surface area contributed by atoms with Gasteiger partial charge < -0.3 is 19.7 Å². The zero-order valence-corrected chi connectivity index (χ0v) is 15.0. The summed E-state index contributed by atoms with van der Waals surface area (Å²) in [5.74, 6) is 1.01. The van der Waals surface area contributed by atoms with Crippen LogP contribution in [0.15, 0.2) is 42.5 Å². The van der Waals surface area contributed by atoms with E-state index in [1.165, 1.54) is 11.8 Å². The summed E-state index contributed by atoms with van der Waals surface area (Å²) in [6, 6.07) is 13.4. The Labute approximate surface area is 152 Å². The van der Waals surface area contributed by atoms with Crippen LogP contribution in [0.1, 0.15) is 23.6 Å². The summed E-state index contributed by atoms with van der Waals surface area (Å²) >= 11 is 0. The first-order valence-corrected chi connectivity index (χ1v) is 8.48. The molecule has 1 aliphatic heterocycles. The molecule has 1 heterocycles. The van der Waals surface area contributed by atoms with Crippen molar-refractivity contribution in [1.29, 1.82) is 0 Å². The maximum absolute atomic E-state index is 12.3. The number of benzene rings is 2. The van der Waals surface area contributed by atoms with Gasteiger partial charge in [-0.1, -0.05) is 30.3 Å². The molecule has 2 amide bonds. The van der Waals surface area contributed by atoms with Crippen molar-refractivity contribution in [3.8, 4) is 11.5 Å². The highest BCUT2D eigenvalue weighted by Crippen LogP contribution is 2.32. The van der Waals surface area contributed by atoms with Gasteiger partial charge in [0.15, 0.2) is 11.5 Å². The maximum atomic E-state index is 12.3. The lowest BCUT2D eigenvalue weighted by Gasteiger charge is -2.21. The van der Waals surface area contributed by atoms with Crippen molar-refractivity contribution in [2.24, 2.45) is 0 Å². The van der Waals surface area contributed by atoms with Gasteiger partial charge in [-0.25, -0.2) is 0 Å². The number of hydrogen-bond acceptors (Lipinski definition) is 4. The Balaban J connectivity index is 1.58. The van der Waals surface area contributed by atoms with E-state index in [2.05, 4.69) is 5.32 Å². The molecule has 0 saturated carbocycles. The van der Waals surface area contributed by atoms with Crippen molar-refractivity contribution in [2.75, 3.05) is 13.3 Å². The van der Waals surface area contributed by atoms with Crippen LogP contribution >= 0.6 is 0 Å². The van der Waals surface area contributed by atoms with Gasteiger partial charge in [-0.15, -0.1) is 0 Å². The van der Waals surface area contributed by atoms with Crippen LogP contribution < -0.4 is 14.8 Å². The lowest BCUT2D eigenvalue weighted by molar-refractivity contribution is -0.135. The topological polar surface area (TPSA) is 67.9 Å². The van der Waals surface area contributed by atoms with Gasteiger partial charge in [-0.2, -0.15) is 0 Å². The lowest BCUT2D eigenvalue weighted by Crippen LogP contribution is -2.39. The van der Waals surface area contributed by atoms with Crippen LogP contribution in [0.2, 0.25) is 0 Å². The van der Waals surface area contributed by atoms with Crippen LogP contribution in [-0.2, 0) is 22.7 Å². The van der Waals surface area contributed by atoms with Gasteiger partial charge in [-0.05, 0) is 35.7 Å². The zero-order chi connectivity index (χ0) is 18.5. The number of nitrogens with one attached hydrogen (secondary N) is 1. The summed E-state index contributed by atoms with van der Waals surface area (Å²) in [6.45, 7) is 4.46. The van der Waals surface area contributed by atoms with Crippen molar-refractivity contribution < 1.29 is 19.1 Å². The third kappa shape index (κ3) is 4.33. The highest BCUT2D eigenvalue weighted by molar-refractivity contribution is 5.83. The minimum absolute atomic E-state index is 0.00958. The Morgan fingerprint density at radius 2 is 1.88 bits per heavy atom. The van der Waals surface area contributed by atoms with E-state index in [1.807, 2.05) is 49.4 Å². The van der Waals surface area contributed by atoms with Crippen LogP contribution in [-0.4, -0.2) is 30.1 Å². The van der Waals surface area contributed by atoms with Gasteiger partial charge in [0.1, 0.15) is 0 Å². The second kappa shape index (κ2) is 7.91. The molecule has 0 unspecified atom stereocenters. The molecule has 2 aromatic rings. The fraction of sp³-hybridized carbons (Fsp3) is 0.300. The van der Waals surface area contributed by atoms with Crippen molar-refractivity contribution in [3.63, 3.8) is 0 Å². The zero-order valence-electron chi connectivity index (χ0n) is 15.0. The van der Waals surface area contributed by atoms with E-state index in [4.69, 9.17) is 9.47 Å². The van der Waals surface area contributed by atoms with E-state index in [1.54, 1.807) is 0 Å². The number of aryl methyl sites for hydroxylation is 1. The molecule has 0 spiro atoms. The molecule has 0 atom stereocenters. The summed E-state index contributed by atoms with van der Waals surface area (Å²) in [6.07, 6.45) is 0. The van der Waals surface area contributed by atoms with E-state index >= 15 is 0 Å². The predicted octanol–water partition coefficient (Wildman–Crippen LogP) is 2.39. The van der Waals surface area contributed by atoms with Gasteiger partial charge in [0, 0.05) is 20.0 Å². The smallest absolute Gasteiger partial charge is 0.239 e. The van der Waals surface area contributed by atoms with E-state index in [-0.39, 0.29) is 25.2 Å². The minimum atomic E-state index is -0.191. The fourth-order valence-corrected chi connectivity index (χ4v) is 2.77. The Morgan fingerprint density at radius 3 is 2.65 bits per heavy atom. The number of carbonyl (C=O) groups is 2. The van der Waals surface area contributed by atoms with Crippen LogP contribution in [0.5, 0.6) is 11.5 Å². The van der Waals surface area contributed by atoms with Crippen molar-refractivity contribution >= 4 is 11.8 Å². The normalized spacial score (nSPS) is 11.9. The molecule has 0 radical (unpaired) electrons. The number of rotatable bonds is 6. The standard InChI is InChI=1S/C20H22N2O4/c1-14-5-3-4-6-17(14)10-21-20(24)12-22(15(2)23)11-16-7-8-18-19(9-16)26-13-25-18/h3-9H,10-13H2,1-2H3,(H,21,24). The first-order valence-electron chi connectivity index (χ1n) is 8.48. The number of hydrogen-bond donors (Lipinski definition) is 1. The highest BCUT2D eigenvalue weighted by Gasteiger charge is 2.17. The number of fused-ring (bicyclic) bond motifs is 1. The van der Waals surface area contributed by atoms with Crippen LogP contribution in [0.3, 0.4) is 0 Å². The molecule has 26 heavy (non-hydrogen) atoms. The van der Waals surface area contributed by atoms with E-state index in [0.29, 0.717) is 24.6 Å². The van der Waals surface area contributed by atoms with Crippen molar-refractivity contribution in [2.45, 2.75) is 26.9 Å². The molecule has 2 aromatic carbocycles. The summed E-state index contributed by atoms with van der Waals surface area (Å²) in [5.41, 5.74) is 3.07. The molecule has 6 nitrogen and oxygen atoms in total. The molecule has 6 heteroatoms. The fourth-order valence-electron chi connectivity index (χ4n) is 2.77. The molecule has 0 saturated heterocycles. The average Bonchev–Trinajstić information content (AvgIpc) is 3.08. The Bertz CT molecular complexity index is 819. The summed E-state index contributed by atoms with van der Waals surface area (Å²) in [4.78, 5) is 25.7. The van der Waals surface area contributed by atoms with Crippen LogP contribution in [0.25, 0.3) is 0 Å². The molecule has 3 rings (SSSR count). The molecule has 0 fully saturated rings. The number of ether oxygens (including phenoxy) is 2. The molecule has 136 valence electrons. The summed E-state index contributed by atoms with van der Waals surface area (Å²) in [7, 11) is 0. The van der Waals surface area contributed by atoms with Gasteiger partial charge >= 0.3 is 0 Å². The molecule has 1 N–H and O–H groups in total. The van der Waals surface area contributed by atoms with E-state index in [9.17, 15) is 9.59 Å². The third-order valence-corrected chi connectivity index (χ3v) is 4.33. The predicted molar refractivity (Wildman–Crippen MR) is 96.7 cm³/mol. The molecular formula is C20H22N2O4. The Morgan fingerprint density at radius 1 is 1.12 bits per heavy atom. The second-order valence-corrected chi connectivity index (χ2v) is 6.27. The largest absolute Gasteiger partial charge is 0.454 e. The molecular weight excluding hydrogens is 332 g/mol. The SMILES string of the molecule is CC(=O)N(CC(=O)NCc1ccccc1C)Cc1ccc2c(c1)OCO2. The lowest BCUT2D eigenvalue weighted by atomic mass is 10.1. The van der Waals surface area contributed by atoms with Crippen molar-refractivity contribution in [3.05, 3.63) is 59.2 Å². The van der Waals surface area contributed by atoms with Gasteiger partial charge in [0.2, 0.25) is 18.6 Å². The minimum Gasteiger partial charge on any atom is -0.454 e. The molecule has 0 aromatic heterocycles. The van der Waals surface area contributed by atoms with Crippen LogP contribution in [0.4, 0.5) is 0 Å². The number of amides is 2. The second-order valence-electron chi connectivity index (χ2n) is 6.27. The van der Waals surface area contributed by atoms with Gasteiger partial charge in [0.25, 0.3) is 0 Å². The molecule has 0 aliphatic carbocycles. The molecule has 0 bridgehead atoms. The first kappa shape index (κ1) is 17.8. The summed E-state index contributed by atoms with van der Waals surface area (Å²) < 4.78 is 10.6. The summed E-state index contributed by atoms with van der Waals surface area (Å²) in [5, 5.41) is 2.88. The van der Waals surface area contributed by atoms with E-state index in [0.717, 1.165) is 16.7 Å². The Hall–Kier alpha value is -3.02. The number of carbonyl (C=O) groups excluding carboxylic acids is 2. The Kier molecular flexibility index (Phi) is 5.41. The van der Waals surface area contributed by atoms with Gasteiger partial charge in [0.05, 0.1) is 6.54 Å². The number of nitrogens with zero attached hydrogens (tertiary/aromatic N) is 1. The quantitative estimate of drug-likeness (QED) is 0.865. The van der Waals surface area contributed by atoms with Crippen LogP contribution in [0, 0.1) is 6.92 Å². The third-order valence-electron chi connectivity index (χ3n) is 4.33. The highest BCUT2D eigenvalue weighted by atomic mass is 16.7. The first-order chi connectivity index (χ1) is 12.5. The molecule has 1 aliphatic rings. The van der Waals surface area contributed by atoms with Crippen molar-refractivity contribution in [1.82, 2.24) is 10.2 Å². The van der Waals surface area contributed by atoms with E-state index < -0.39 is 0 Å². The average molecular weight is 354 g/mol.